The Hall–Kier alpha value is -1.87. The lowest BCUT2D eigenvalue weighted by Crippen LogP contribution is -2.38. The van der Waals surface area contributed by atoms with Gasteiger partial charge < -0.3 is 9.09 Å². The van der Waals surface area contributed by atoms with Crippen molar-refractivity contribution >= 4 is 0 Å². The smallest absolute Gasteiger partial charge is 0.223 e. The molecular weight excluding hydrogens is 337 g/mol. The van der Waals surface area contributed by atoms with E-state index in [1.807, 2.05) is 0 Å². The third-order valence-corrected chi connectivity index (χ3v) is 5.26. The molecule has 0 saturated carbocycles. The third-order valence-electron chi connectivity index (χ3n) is 5.26. The summed E-state index contributed by atoms with van der Waals surface area (Å²) in [7, 11) is 2.06. The molecular formula is C17H26FN7O. The van der Waals surface area contributed by atoms with E-state index >= 15 is 0 Å². The predicted molar refractivity (Wildman–Crippen MR) is 92.0 cm³/mol. The summed E-state index contributed by atoms with van der Waals surface area (Å²) < 4.78 is 21.3. The molecule has 0 spiro atoms. The van der Waals surface area contributed by atoms with Crippen LogP contribution in [0.3, 0.4) is 0 Å². The molecule has 1 saturated heterocycles. The van der Waals surface area contributed by atoms with Gasteiger partial charge in [-0.15, -0.1) is 10.2 Å². The average molecular weight is 363 g/mol. The summed E-state index contributed by atoms with van der Waals surface area (Å²) >= 11 is 0. The maximum Gasteiger partial charge on any atom is 0.223 e. The summed E-state index contributed by atoms with van der Waals surface area (Å²) in [5, 5.41) is 12.6. The highest BCUT2D eigenvalue weighted by Gasteiger charge is 2.33. The topological polar surface area (TPSA) is 76.1 Å². The highest BCUT2D eigenvalue weighted by atomic mass is 19.1. The number of halogens is 1. The Bertz CT molecular complexity index is 745. The van der Waals surface area contributed by atoms with E-state index in [0.717, 1.165) is 37.7 Å². The van der Waals surface area contributed by atoms with E-state index in [1.165, 1.54) is 12.8 Å². The molecule has 2 aromatic rings. The van der Waals surface area contributed by atoms with Gasteiger partial charge in [0.25, 0.3) is 0 Å². The molecule has 4 rings (SSSR count). The SMILES string of the molecule is Cc1nc(CN2C[C@@H](F)C[C@H]2CN(C)Cc2nnc3n2CCCC3)no1. The van der Waals surface area contributed by atoms with Crippen molar-refractivity contribution in [1.82, 2.24) is 34.7 Å². The molecule has 2 aliphatic rings. The van der Waals surface area contributed by atoms with Crippen LogP contribution in [-0.2, 0) is 26.1 Å². The number of alkyl halides is 1. The summed E-state index contributed by atoms with van der Waals surface area (Å²) in [5.74, 6) is 3.27. The van der Waals surface area contributed by atoms with Crippen LogP contribution in [0.4, 0.5) is 4.39 Å². The maximum absolute atomic E-state index is 14.0. The molecule has 0 unspecified atom stereocenters. The molecule has 2 atom stereocenters. The quantitative estimate of drug-likeness (QED) is 0.767. The maximum atomic E-state index is 14.0. The molecule has 0 radical (unpaired) electrons. The number of aromatic nitrogens is 5. The molecule has 0 amide bonds. The second-order valence-corrected chi connectivity index (χ2v) is 7.48. The summed E-state index contributed by atoms with van der Waals surface area (Å²) in [4.78, 5) is 8.57. The zero-order valence-corrected chi connectivity index (χ0v) is 15.4. The van der Waals surface area contributed by atoms with Gasteiger partial charge in [0.15, 0.2) is 5.82 Å². The fourth-order valence-corrected chi connectivity index (χ4v) is 4.04. The number of likely N-dealkylation sites (tertiary alicyclic amines) is 1. The Morgan fingerprint density at radius 3 is 3.00 bits per heavy atom. The van der Waals surface area contributed by atoms with Crippen LogP contribution in [-0.4, -0.2) is 67.1 Å². The highest BCUT2D eigenvalue weighted by Crippen LogP contribution is 2.23. The molecule has 9 heteroatoms. The van der Waals surface area contributed by atoms with E-state index in [-0.39, 0.29) is 6.04 Å². The normalized spacial score (nSPS) is 23.7. The van der Waals surface area contributed by atoms with Crippen LogP contribution >= 0.6 is 0 Å². The molecule has 4 heterocycles. The second-order valence-electron chi connectivity index (χ2n) is 7.48. The highest BCUT2D eigenvalue weighted by molar-refractivity contribution is 4.99. The first kappa shape index (κ1) is 17.5. The van der Waals surface area contributed by atoms with E-state index in [0.29, 0.717) is 31.2 Å². The Morgan fingerprint density at radius 2 is 2.19 bits per heavy atom. The molecule has 2 aromatic heterocycles. The standard InChI is InChI=1S/C17H26FN7O/c1-12-19-15(22-26-12)10-24-8-13(18)7-14(24)9-23(2)11-17-21-20-16-5-3-4-6-25(16)17/h13-14H,3-11H2,1-2H3/t13-,14-/m0/s1. The van der Waals surface area contributed by atoms with Crippen molar-refractivity contribution in [1.29, 1.82) is 0 Å². The van der Waals surface area contributed by atoms with Crippen molar-refractivity contribution in [3.05, 3.63) is 23.4 Å². The number of hydrogen-bond donors (Lipinski definition) is 0. The lowest BCUT2D eigenvalue weighted by molar-refractivity contribution is 0.173. The molecule has 0 N–H and O–H groups in total. The van der Waals surface area contributed by atoms with Crippen molar-refractivity contribution in [3.8, 4) is 0 Å². The van der Waals surface area contributed by atoms with E-state index < -0.39 is 6.17 Å². The van der Waals surface area contributed by atoms with E-state index in [4.69, 9.17) is 4.52 Å². The minimum Gasteiger partial charge on any atom is -0.340 e. The van der Waals surface area contributed by atoms with E-state index in [9.17, 15) is 4.39 Å². The van der Waals surface area contributed by atoms with Crippen LogP contribution in [0.25, 0.3) is 0 Å². The summed E-state index contributed by atoms with van der Waals surface area (Å²) in [5.41, 5.74) is 0. The van der Waals surface area contributed by atoms with E-state index in [1.54, 1.807) is 6.92 Å². The van der Waals surface area contributed by atoms with Crippen LogP contribution in [0.5, 0.6) is 0 Å². The van der Waals surface area contributed by atoms with Crippen molar-refractivity contribution < 1.29 is 8.91 Å². The van der Waals surface area contributed by atoms with Crippen LogP contribution in [0.15, 0.2) is 4.52 Å². The van der Waals surface area contributed by atoms with Gasteiger partial charge in [-0.3, -0.25) is 9.80 Å². The van der Waals surface area contributed by atoms with Gasteiger partial charge in [-0.25, -0.2) is 4.39 Å². The molecule has 0 bridgehead atoms. The first-order chi connectivity index (χ1) is 12.6. The Morgan fingerprint density at radius 1 is 1.31 bits per heavy atom. The monoisotopic (exact) mass is 363 g/mol. The number of aryl methyl sites for hydroxylation is 2. The molecule has 0 aromatic carbocycles. The van der Waals surface area contributed by atoms with Crippen LogP contribution in [0.1, 0.15) is 42.6 Å². The summed E-state index contributed by atoms with van der Waals surface area (Å²) in [6, 6.07) is 0.137. The third kappa shape index (κ3) is 3.78. The largest absolute Gasteiger partial charge is 0.340 e. The summed E-state index contributed by atoms with van der Waals surface area (Å²) in [6.07, 6.45) is 3.13. The van der Waals surface area contributed by atoms with Crippen LogP contribution < -0.4 is 0 Å². The van der Waals surface area contributed by atoms with Crippen molar-refractivity contribution in [2.75, 3.05) is 20.1 Å². The molecule has 8 nitrogen and oxygen atoms in total. The minimum atomic E-state index is -0.803. The number of fused-ring (bicyclic) bond motifs is 1. The first-order valence-electron chi connectivity index (χ1n) is 9.35. The van der Waals surface area contributed by atoms with Gasteiger partial charge in [-0.05, 0) is 26.3 Å². The van der Waals surface area contributed by atoms with Gasteiger partial charge in [0.1, 0.15) is 17.8 Å². The van der Waals surface area contributed by atoms with Crippen molar-refractivity contribution in [2.45, 2.75) is 64.5 Å². The van der Waals surface area contributed by atoms with Gasteiger partial charge >= 0.3 is 0 Å². The van der Waals surface area contributed by atoms with Crippen molar-refractivity contribution in [3.63, 3.8) is 0 Å². The molecule has 1 fully saturated rings. The minimum absolute atomic E-state index is 0.137. The summed E-state index contributed by atoms with van der Waals surface area (Å²) in [6.45, 7) is 5.23. The first-order valence-corrected chi connectivity index (χ1v) is 9.35. The van der Waals surface area contributed by atoms with Crippen LogP contribution in [0, 0.1) is 6.92 Å². The predicted octanol–water partition coefficient (Wildman–Crippen LogP) is 1.35. The molecule has 142 valence electrons. The zero-order chi connectivity index (χ0) is 18.1. The molecule has 26 heavy (non-hydrogen) atoms. The van der Waals surface area contributed by atoms with Gasteiger partial charge in [-0.1, -0.05) is 5.16 Å². The fourth-order valence-electron chi connectivity index (χ4n) is 4.04. The van der Waals surface area contributed by atoms with Crippen molar-refractivity contribution in [2.24, 2.45) is 0 Å². The van der Waals surface area contributed by atoms with Gasteiger partial charge in [0, 0.05) is 39.0 Å². The number of likely N-dealkylation sites (N-methyl/N-ethyl adjacent to an activating group) is 1. The van der Waals surface area contributed by atoms with E-state index in [2.05, 4.69) is 41.8 Å². The molecule has 2 aliphatic heterocycles. The zero-order valence-electron chi connectivity index (χ0n) is 15.4. The van der Waals surface area contributed by atoms with Gasteiger partial charge in [0.05, 0.1) is 13.1 Å². The average Bonchev–Trinajstić information content (AvgIpc) is 3.29. The number of hydrogen-bond acceptors (Lipinski definition) is 7. The Labute approximate surface area is 152 Å². The number of rotatable bonds is 6. The van der Waals surface area contributed by atoms with Gasteiger partial charge in [0.2, 0.25) is 5.89 Å². The lowest BCUT2D eigenvalue weighted by Gasteiger charge is -2.27. The lowest BCUT2D eigenvalue weighted by atomic mass is 10.1. The number of nitrogens with zero attached hydrogens (tertiary/aromatic N) is 7. The molecule has 0 aliphatic carbocycles. The second kappa shape index (κ2) is 7.40. The van der Waals surface area contributed by atoms with Crippen LogP contribution in [0.2, 0.25) is 0 Å². The Balaban J connectivity index is 1.37. The fraction of sp³-hybridized carbons (Fsp3) is 0.765. The Kier molecular flexibility index (Phi) is 4.99. The van der Waals surface area contributed by atoms with Gasteiger partial charge in [-0.2, -0.15) is 4.98 Å².